The summed E-state index contributed by atoms with van der Waals surface area (Å²) in [7, 11) is 3.94. The first kappa shape index (κ1) is 21.2. The van der Waals surface area contributed by atoms with E-state index in [-0.39, 0.29) is 18.2 Å². The Kier molecular flexibility index (Phi) is 6.82. The number of hydrogen-bond donors (Lipinski definition) is 1. The summed E-state index contributed by atoms with van der Waals surface area (Å²) in [6, 6.07) is -0.0531. The van der Waals surface area contributed by atoms with E-state index in [0.717, 1.165) is 0 Å². The van der Waals surface area contributed by atoms with Gasteiger partial charge in [-0.05, 0) is 62.1 Å². The molecule has 2 atom stereocenters. The van der Waals surface area contributed by atoms with Crippen molar-refractivity contribution in [3.63, 3.8) is 0 Å². The maximum absolute atomic E-state index is 12.4. The van der Waals surface area contributed by atoms with Gasteiger partial charge in [0.05, 0.1) is 6.04 Å². The second-order valence-electron chi connectivity index (χ2n) is 8.45. The zero-order chi connectivity index (χ0) is 19.4. The van der Waals surface area contributed by atoms with Gasteiger partial charge in [0.25, 0.3) is 0 Å². The minimum atomic E-state index is -0.630. The summed E-state index contributed by atoms with van der Waals surface area (Å²) in [5.74, 6) is 0. The molecule has 0 saturated carbocycles. The molecule has 0 bridgehead atoms. The van der Waals surface area contributed by atoms with Crippen molar-refractivity contribution in [3.8, 4) is 0 Å². The largest absolute Gasteiger partial charge is 0.444 e. The highest BCUT2D eigenvalue weighted by Gasteiger charge is 2.37. The number of amides is 2. The van der Waals surface area contributed by atoms with Crippen LogP contribution in [-0.2, 0) is 9.47 Å². The van der Waals surface area contributed by atoms with Crippen LogP contribution in [0.5, 0.6) is 0 Å². The fraction of sp³-hybridized carbons (Fsp3) is 0.824. The number of likely N-dealkylation sites (N-methyl/N-ethyl adjacent to an activating group) is 1. The Morgan fingerprint density at radius 1 is 1.12 bits per heavy atom. The SMILES string of the molecule is CN(C)[C@H]1C[C@@H](/C=N/NC(=O)OC(C)(C)C)N(C(=O)OC(C)(C)C)C1. The smallest absolute Gasteiger partial charge is 0.428 e. The van der Waals surface area contributed by atoms with Crippen LogP contribution in [0.4, 0.5) is 9.59 Å². The maximum atomic E-state index is 12.4. The fourth-order valence-corrected chi connectivity index (χ4v) is 2.37. The predicted molar refractivity (Wildman–Crippen MR) is 96.7 cm³/mol. The Hall–Kier alpha value is -1.83. The van der Waals surface area contributed by atoms with Crippen molar-refractivity contribution < 1.29 is 19.1 Å². The van der Waals surface area contributed by atoms with Gasteiger partial charge in [0, 0.05) is 18.8 Å². The van der Waals surface area contributed by atoms with Gasteiger partial charge in [-0.3, -0.25) is 4.90 Å². The van der Waals surface area contributed by atoms with Gasteiger partial charge in [0.15, 0.2) is 0 Å². The molecule has 0 aromatic rings. The first-order valence-electron chi connectivity index (χ1n) is 8.47. The van der Waals surface area contributed by atoms with Crippen molar-refractivity contribution >= 4 is 18.4 Å². The third-order valence-electron chi connectivity index (χ3n) is 3.48. The maximum Gasteiger partial charge on any atom is 0.428 e. The lowest BCUT2D eigenvalue weighted by Gasteiger charge is -2.27. The van der Waals surface area contributed by atoms with Crippen LogP contribution >= 0.6 is 0 Å². The number of ether oxygens (including phenoxy) is 2. The molecule has 1 aliphatic heterocycles. The summed E-state index contributed by atoms with van der Waals surface area (Å²) < 4.78 is 10.6. The van der Waals surface area contributed by atoms with E-state index in [1.54, 1.807) is 31.9 Å². The van der Waals surface area contributed by atoms with E-state index >= 15 is 0 Å². The minimum Gasteiger partial charge on any atom is -0.444 e. The van der Waals surface area contributed by atoms with Gasteiger partial charge in [-0.1, -0.05) is 0 Å². The highest BCUT2D eigenvalue weighted by molar-refractivity contribution is 5.77. The lowest BCUT2D eigenvalue weighted by molar-refractivity contribution is 0.0259. The number of carbonyl (C=O) groups is 2. The van der Waals surface area contributed by atoms with Gasteiger partial charge in [-0.25, -0.2) is 15.0 Å². The molecule has 0 aliphatic carbocycles. The zero-order valence-corrected chi connectivity index (χ0v) is 16.6. The molecule has 0 aromatic carbocycles. The van der Waals surface area contributed by atoms with Crippen molar-refractivity contribution in [2.75, 3.05) is 20.6 Å². The summed E-state index contributed by atoms with van der Waals surface area (Å²) in [6.07, 6.45) is 1.25. The first-order valence-corrected chi connectivity index (χ1v) is 8.47. The van der Waals surface area contributed by atoms with Crippen molar-refractivity contribution in [2.45, 2.75) is 71.2 Å². The Morgan fingerprint density at radius 2 is 1.68 bits per heavy atom. The Balaban J connectivity index is 2.73. The van der Waals surface area contributed by atoms with E-state index < -0.39 is 17.3 Å². The molecule has 0 aromatic heterocycles. The molecule has 1 rings (SSSR count). The van der Waals surface area contributed by atoms with Gasteiger partial charge >= 0.3 is 12.2 Å². The lowest BCUT2D eigenvalue weighted by atomic mass is 10.2. The van der Waals surface area contributed by atoms with Crippen LogP contribution in [-0.4, -0.2) is 72.1 Å². The Morgan fingerprint density at radius 3 is 2.16 bits per heavy atom. The molecule has 25 heavy (non-hydrogen) atoms. The lowest BCUT2D eigenvalue weighted by Crippen LogP contribution is -2.41. The third-order valence-corrected chi connectivity index (χ3v) is 3.48. The number of rotatable bonds is 3. The van der Waals surface area contributed by atoms with Gasteiger partial charge in [-0.15, -0.1) is 0 Å². The second-order valence-corrected chi connectivity index (χ2v) is 8.45. The third kappa shape index (κ3) is 7.72. The normalized spacial score (nSPS) is 21.7. The van der Waals surface area contributed by atoms with E-state index in [1.807, 2.05) is 34.9 Å². The summed E-state index contributed by atoms with van der Waals surface area (Å²) in [5.41, 5.74) is 1.18. The van der Waals surface area contributed by atoms with Crippen LogP contribution in [0.3, 0.4) is 0 Å². The molecule has 0 radical (unpaired) electrons. The van der Waals surface area contributed by atoms with Crippen LogP contribution in [0.15, 0.2) is 5.10 Å². The van der Waals surface area contributed by atoms with Crippen LogP contribution < -0.4 is 5.43 Å². The highest BCUT2D eigenvalue weighted by atomic mass is 16.6. The van der Waals surface area contributed by atoms with E-state index in [1.165, 1.54) is 0 Å². The first-order chi connectivity index (χ1) is 11.3. The van der Waals surface area contributed by atoms with Crippen LogP contribution in [0.2, 0.25) is 0 Å². The van der Waals surface area contributed by atoms with Crippen molar-refractivity contribution in [2.24, 2.45) is 5.10 Å². The molecule has 0 unspecified atom stereocenters. The number of hydrogen-bond acceptors (Lipinski definition) is 6. The van der Waals surface area contributed by atoms with Crippen molar-refractivity contribution in [3.05, 3.63) is 0 Å². The molecule has 1 N–H and O–H groups in total. The summed E-state index contributed by atoms with van der Waals surface area (Å²) in [5, 5.41) is 3.94. The molecule has 0 spiro atoms. The van der Waals surface area contributed by atoms with Crippen LogP contribution in [0.25, 0.3) is 0 Å². The van der Waals surface area contributed by atoms with E-state index in [2.05, 4.69) is 15.4 Å². The van der Waals surface area contributed by atoms with E-state index in [0.29, 0.717) is 13.0 Å². The number of nitrogens with zero attached hydrogens (tertiary/aromatic N) is 3. The molecule has 1 fully saturated rings. The summed E-state index contributed by atoms with van der Waals surface area (Å²) in [4.78, 5) is 27.8. The molecular formula is C17H32N4O4. The molecule has 8 heteroatoms. The predicted octanol–water partition coefficient (Wildman–Crippen LogP) is 2.44. The number of nitrogens with one attached hydrogen (secondary N) is 1. The number of carbonyl (C=O) groups excluding carboxylic acids is 2. The van der Waals surface area contributed by atoms with Gasteiger partial charge in [0.1, 0.15) is 11.2 Å². The Bertz CT molecular complexity index is 506. The highest BCUT2D eigenvalue weighted by Crippen LogP contribution is 2.22. The van der Waals surface area contributed by atoms with Crippen LogP contribution in [0.1, 0.15) is 48.0 Å². The number of hydrazone groups is 1. The Labute approximate surface area is 150 Å². The van der Waals surface area contributed by atoms with E-state index in [4.69, 9.17) is 9.47 Å². The van der Waals surface area contributed by atoms with Crippen LogP contribution in [0, 0.1) is 0 Å². The molecule has 1 heterocycles. The molecule has 144 valence electrons. The molecular weight excluding hydrogens is 324 g/mol. The zero-order valence-electron chi connectivity index (χ0n) is 16.6. The van der Waals surface area contributed by atoms with Crippen molar-refractivity contribution in [1.82, 2.24) is 15.2 Å². The standard InChI is InChI=1S/C17H32N4O4/c1-16(2,3)24-14(22)19-18-10-12-9-13(20(7)8)11-21(12)15(23)25-17(4,5)6/h10,12-13H,9,11H2,1-8H3,(H,19,22)/b18-10+/t12-,13-/m0/s1. The fourth-order valence-electron chi connectivity index (χ4n) is 2.37. The average Bonchev–Trinajstić information content (AvgIpc) is 2.78. The average molecular weight is 356 g/mol. The monoisotopic (exact) mass is 356 g/mol. The topological polar surface area (TPSA) is 83.5 Å². The van der Waals surface area contributed by atoms with E-state index in [9.17, 15) is 9.59 Å². The quantitative estimate of drug-likeness (QED) is 0.620. The number of likely N-dealkylation sites (tertiary alicyclic amines) is 1. The minimum absolute atomic E-state index is 0.200. The van der Waals surface area contributed by atoms with Gasteiger partial charge in [-0.2, -0.15) is 5.10 Å². The summed E-state index contributed by atoms with van der Waals surface area (Å²) in [6.45, 7) is 11.4. The molecule has 1 saturated heterocycles. The van der Waals surface area contributed by atoms with Gasteiger partial charge < -0.3 is 14.4 Å². The second kappa shape index (κ2) is 8.03. The summed E-state index contributed by atoms with van der Waals surface area (Å²) >= 11 is 0. The van der Waals surface area contributed by atoms with Gasteiger partial charge in [0.2, 0.25) is 0 Å². The molecule has 8 nitrogen and oxygen atoms in total. The molecule has 2 amide bonds. The van der Waals surface area contributed by atoms with Crippen molar-refractivity contribution in [1.29, 1.82) is 0 Å². The molecule has 1 aliphatic rings.